The second-order valence-corrected chi connectivity index (χ2v) is 5.00. The topological polar surface area (TPSA) is 46.2 Å². The summed E-state index contributed by atoms with van der Waals surface area (Å²) in [5, 5.41) is 9.60. The summed E-state index contributed by atoms with van der Waals surface area (Å²) in [6.45, 7) is 0. The van der Waals surface area contributed by atoms with Crippen LogP contribution in [0.4, 0.5) is 8.78 Å². The number of halogens is 3. The van der Waals surface area contributed by atoms with Crippen molar-refractivity contribution in [3.05, 3.63) is 28.3 Å². The molecule has 17 heavy (non-hydrogen) atoms. The molecule has 1 fully saturated rings. The molecule has 0 radical (unpaired) electrons. The molecule has 0 bridgehead atoms. The molecule has 0 amide bonds. The Labute approximate surface area is 103 Å². The first-order valence-electron chi connectivity index (χ1n) is 5.61. The van der Waals surface area contributed by atoms with Gasteiger partial charge in [0.15, 0.2) is 11.6 Å². The fourth-order valence-electron chi connectivity index (χ4n) is 2.47. The molecular formula is C12H14ClF2NO. The SMILES string of the molecule is NC1(c2c(O)c(Cl)cc(F)c2F)CCCCC1. The molecule has 0 aliphatic heterocycles. The van der Waals surface area contributed by atoms with Crippen LogP contribution >= 0.6 is 11.6 Å². The molecule has 2 nitrogen and oxygen atoms in total. The zero-order valence-corrected chi connectivity index (χ0v) is 10.0. The van der Waals surface area contributed by atoms with Gasteiger partial charge in [-0.15, -0.1) is 0 Å². The van der Waals surface area contributed by atoms with Crippen molar-refractivity contribution < 1.29 is 13.9 Å². The van der Waals surface area contributed by atoms with E-state index in [9.17, 15) is 13.9 Å². The van der Waals surface area contributed by atoms with Gasteiger partial charge in [-0.2, -0.15) is 0 Å². The molecule has 1 aliphatic carbocycles. The standard InChI is InChI=1S/C12H14ClF2NO/c13-7-6-8(14)10(15)9(11(7)17)12(16)4-2-1-3-5-12/h6,17H,1-5,16H2. The summed E-state index contributed by atoms with van der Waals surface area (Å²) in [5.41, 5.74) is 4.90. The molecule has 0 unspecified atom stereocenters. The van der Waals surface area contributed by atoms with E-state index in [0.29, 0.717) is 12.8 Å². The van der Waals surface area contributed by atoms with Gasteiger partial charge < -0.3 is 10.8 Å². The minimum atomic E-state index is -1.09. The quantitative estimate of drug-likeness (QED) is 0.761. The lowest BCUT2D eigenvalue weighted by Crippen LogP contribution is -2.39. The fraction of sp³-hybridized carbons (Fsp3) is 0.500. The number of phenolic OH excluding ortho intramolecular Hbond substituents is 1. The largest absolute Gasteiger partial charge is 0.506 e. The van der Waals surface area contributed by atoms with Crippen LogP contribution in [0, 0.1) is 11.6 Å². The number of hydrogen-bond donors (Lipinski definition) is 2. The number of benzene rings is 1. The molecule has 94 valence electrons. The molecule has 1 aliphatic rings. The highest BCUT2D eigenvalue weighted by atomic mass is 35.5. The van der Waals surface area contributed by atoms with E-state index in [4.69, 9.17) is 17.3 Å². The van der Waals surface area contributed by atoms with Crippen LogP contribution in [-0.4, -0.2) is 5.11 Å². The van der Waals surface area contributed by atoms with Gasteiger partial charge in [0, 0.05) is 5.54 Å². The molecule has 0 aromatic heterocycles. The molecule has 0 spiro atoms. The number of rotatable bonds is 1. The summed E-state index contributed by atoms with van der Waals surface area (Å²) < 4.78 is 27.1. The van der Waals surface area contributed by atoms with Gasteiger partial charge in [-0.25, -0.2) is 8.78 Å². The molecule has 0 atom stereocenters. The van der Waals surface area contributed by atoms with Gasteiger partial charge in [0.05, 0.1) is 10.6 Å². The first kappa shape index (κ1) is 12.6. The smallest absolute Gasteiger partial charge is 0.167 e. The third kappa shape index (κ3) is 2.11. The molecular weight excluding hydrogens is 248 g/mol. The molecule has 1 saturated carbocycles. The van der Waals surface area contributed by atoms with Gasteiger partial charge in [-0.1, -0.05) is 30.9 Å². The highest BCUT2D eigenvalue weighted by Crippen LogP contribution is 2.43. The molecule has 2 rings (SSSR count). The van der Waals surface area contributed by atoms with Crippen molar-refractivity contribution in [1.29, 1.82) is 0 Å². The van der Waals surface area contributed by atoms with Crippen LogP contribution in [0.1, 0.15) is 37.7 Å². The number of aromatic hydroxyl groups is 1. The van der Waals surface area contributed by atoms with Gasteiger partial charge >= 0.3 is 0 Å². The van der Waals surface area contributed by atoms with E-state index in [1.807, 2.05) is 0 Å². The third-order valence-electron chi connectivity index (χ3n) is 3.39. The number of hydrogen-bond acceptors (Lipinski definition) is 2. The Morgan fingerprint density at radius 3 is 2.41 bits per heavy atom. The Balaban J connectivity index is 2.57. The number of nitrogens with two attached hydrogens (primary N) is 1. The van der Waals surface area contributed by atoms with E-state index in [-0.39, 0.29) is 10.6 Å². The molecule has 1 aromatic rings. The maximum Gasteiger partial charge on any atom is 0.167 e. The summed E-state index contributed by atoms with van der Waals surface area (Å²) >= 11 is 5.66. The van der Waals surface area contributed by atoms with Crippen LogP contribution in [0.5, 0.6) is 5.75 Å². The predicted octanol–water partition coefficient (Wildman–Crippen LogP) is 3.44. The highest BCUT2D eigenvalue weighted by molar-refractivity contribution is 6.32. The van der Waals surface area contributed by atoms with Crippen LogP contribution < -0.4 is 5.73 Å². The normalized spacial score (nSPS) is 19.3. The second kappa shape index (κ2) is 4.42. The van der Waals surface area contributed by atoms with Crippen molar-refractivity contribution in [1.82, 2.24) is 0 Å². The monoisotopic (exact) mass is 261 g/mol. The van der Waals surface area contributed by atoms with Crippen LogP contribution in [-0.2, 0) is 5.54 Å². The predicted molar refractivity (Wildman–Crippen MR) is 62.0 cm³/mol. The van der Waals surface area contributed by atoms with Crippen LogP contribution in [0.25, 0.3) is 0 Å². The van der Waals surface area contributed by atoms with E-state index >= 15 is 0 Å². The van der Waals surface area contributed by atoms with Gasteiger partial charge in [0.25, 0.3) is 0 Å². The second-order valence-electron chi connectivity index (χ2n) is 4.59. The summed E-state index contributed by atoms with van der Waals surface area (Å²) in [6.07, 6.45) is 3.74. The minimum absolute atomic E-state index is 0.179. The van der Waals surface area contributed by atoms with E-state index in [0.717, 1.165) is 25.3 Å². The maximum absolute atomic E-state index is 13.8. The minimum Gasteiger partial charge on any atom is -0.506 e. The lowest BCUT2D eigenvalue weighted by molar-refractivity contribution is 0.278. The average molecular weight is 262 g/mol. The molecule has 0 heterocycles. The van der Waals surface area contributed by atoms with Gasteiger partial charge in [0.2, 0.25) is 0 Å². The van der Waals surface area contributed by atoms with Gasteiger partial charge in [-0.3, -0.25) is 0 Å². The maximum atomic E-state index is 13.8. The van der Waals surface area contributed by atoms with Gasteiger partial charge in [-0.05, 0) is 18.9 Å². The molecule has 5 heteroatoms. The van der Waals surface area contributed by atoms with Crippen LogP contribution in [0.3, 0.4) is 0 Å². The summed E-state index contributed by atoms with van der Waals surface area (Å²) in [7, 11) is 0. The Morgan fingerprint density at radius 1 is 1.24 bits per heavy atom. The molecule has 3 N–H and O–H groups in total. The Kier molecular flexibility index (Phi) is 3.27. The fourth-order valence-corrected chi connectivity index (χ4v) is 2.66. The van der Waals surface area contributed by atoms with Crippen molar-refractivity contribution in [2.45, 2.75) is 37.6 Å². The zero-order valence-electron chi connectivity index (χ0n) is 9.27. The number of phenols is 1. The Morgan fingerprint density at radius 2 is 1.82 bits per heavy atom. The van der Waals surface area contributed by atoms with E-state index in [1.165, 1.54) is 0 Å². The van der Waals surface area contributed by atoms with Crippen LogP contribution in [0.15, 0.2) is 6.07 Å². The summed E-state index contributed by atoms with van der Waals surface area (Å²) in [6, 6.07) is 0.766. The highest BCUT2D eigenvalue weighted by Gasteiger charge is 2.36. The van der Waals surface area contributed by atoms with Crippen molar-refractivity contribution in [3.8, 4) is 5.75 Å². The zero-order chi connectivity index (χ0) is 12.6. The molecule has 0 saturated heterocycles. The lowest BCUT2D eigenvalue weighted by Gasteiger charge is -2.34. The Hall–Kier alpha value is -0.870. The van der Waals surface area contributed by atoms with Gasteiger partial charge in [0.1, 0.15) is 5.75 Å². The first-order chi connectivity index (χ1) is 7.96. The molecule has 1 aromatic carbocycles. The van der Waals surface area contributed by atoms with E-state index in [1.54, 1.807) is 0 Å². The average Bonchev–Trinajstić information content (AvgIpc) is 2.27. The van der Waals surface area contributed by atoms with Crippen molar-refractivity contribution in [2.24, 2.45) is 5.73 Å². The third-order valence-corrected chi connectivity index (χ3v) is 3.68. The van der Waals surface area contributed by atoms with E-state index < -0.39 is 22.9 Å². The summed E-state index contributed by atoms with van der Waals surface area (Å²) in [5.74, 6) is -2.59. The van der Waals surface area contributed by atoms with Crippen molar-refractivity contribution in [2.75, 3.05) is 0 Å². The Bertz CT molecular complexity index is 418. The van der Waals surface area contributed by atoms with Crippen molar-refractivity contribution >= 4 is 11.6 Å². The van der Waals surface area contributed by atoms with Crippen molar-refractivity contribution in [3.63, 3.8) is 0 Å². The lowest BCUT2D eigenvalue weighted by atomic mass is 9.77. The van der Waals surface area contributed by atoms with E-state index in [2.05, 4.69) is 0 Å². The summed E-state index contributed by atoms with van der Waals surface area (Å²) in [4.78, 5) is 0. The van der Waals surface area contributed by atoms with Crippen LogP contribution in [0.2, 0.25) is 5.02 Å². The first-order valence-corrected chi connectivity index (χ1v) is 5.99.